The molecule has 1 saturated heterocycles. The van der Waals surface area contributed by atoms with E-state index in [1.165, 1.54) is 15.6 Å². The van der Waals surface area contributed by atoms with Crippen LogP contribution in [0, 0.1) is 5.92 Å². The van der Waals surface area contributed by atoms with E-state index in [4.69, 9.17) is 9.47 Å². The molecule has 0 atom stereocenters. The normalized spacial score (nSPS) is 15.9. The third kappa shape index (κ3) is 4.48. The van der Waals surface area contributed by atoms with Gasteiger partial charge in [-0.25, -0.2) is 8.42 Å². The third-order valence-electron chi connectivity index (χ3n) is 4.83. The molecule has 2 heterocycles. The van der Waals surface area contributed by atoms with E-state index in [0.717, 1.165) is 5.56 Å². The highest BCUT2D eigenvalue weighted by atomic mass is 32.2. The minimum atomic E-state index is -3.44. The van der Waals surface area contributed by atoms with Crippen molar-refractivity contribution < 1.29 is 22.7 Å². The maximum atomic E-state index is 12.6. The SMILES string of the molecule is COc1ccc(CNC(=O)C2CCN(S(=O)(=O)c3cccs3)CC2)cc1OC. The van der Waals surface area contributed by atoms with Gasteiger partial charge in [0.25, 0.3) is 10.0 Å². The lowest BCUT2D eigenvalue weighted by Gasteiger charge is -2.30. The second-order valence-electron chi connectivity index (χ2n) is 6.52. The number of hydrogen-bond donors (Lipinski definition) is 1. The zero-order chi connectivity index (χ0) is 20.1. The Morgan fingerprint density at radius 2 is 1.89 bits per heavy atom. The van der Waals surface area contributed by atoms with Gasteiger partial charge in [0, 0.05) is 25.6 Å². The Bertz CT molecular complexity index is 904. The van der Waals surface area contributed by atoms with Crippen molar-refractivity contribution in [3.05, 3.63) is 41.3 Å². The molecule has 1 aliphatic heterocycles. The predicted octanol–water partition coefficient (Wildman–Crippen LogP) is 2.48. The minimum absolute atomic E-state index is 0.0528. The van der Waals surface area contributed by atoms with E-state index < -0.39 is 10.0 Å². The van der Waals surface area contributed by atoms with Gasteiger partial charge in [-0.15, -0.1) is 11.3 Å². The van der Waals surface area contributed by atoms with Crippen molar-refractivity contribution in [1.29, 1.82) is 0 Å². The average molecular weight is 425 g/mol. The standard InChI is InChI=1S/C19H24N2O5S2/c1-25-16-6-5-14(12-17(16)26-2)13-20-19(22)15-7-9-21(10-8-15)28(23,24)18-4-3-11-27-18/h3-6,11-12,15H,7-10,13H2,1-2H3,(H,20,22). The Morgan fingerprint density at radius 1 is 1.18 bits per heavy atom. The van der Waals surface area contributed by atoms with Crippen molar-refractivity contribution in [2.24, 2.45) is 5.92 Å². The molecule has 7 nitrogen and oxygen atoms in total. The molecule has 0 unspecified atom stereocenters. The summed E-state index contributed by atoms with van der Waals surface area (Å²) in [7, 11) is -0.302. The fraction of sp³-hybridized carbons (Fsp3) is 0.421. The number of ether oxygens (including phenoxy) is 2. The molecule has 28 heavy (non-hydrogen) atoms. The van der Waals surface area contributed by atoms with Gasteiger partial charge in [0.15, 0.2) is 11.5 Å². The first kappa shape index (κ1) is 20.6. The zero-order valence-corrected chi connectivity index (χ0v) is 17.5. The molecule has 1 fully saturated rings. The Labute approximate surface area is 169 Å². The summed E-state index contributed by atoms with van der Waals surface area (Å²) in [5.74, 6) is 1.01. The van der Waals surface area contributed by atoms with E-state index in [-0.39, 0.29) is 11.8 Å². The van der Waals surface area contributed by atoms with Crippen molar-refractivity contribution in [3.63, 3.8) is 0 Å². The first-order chi connectivity index (χ1) is 13.5. The summed E-state index contributed by atoms with van der Waals surface area (Å²) in [5, 5.41) is 4.69. The summed E-state index contributed by atoms with van der Waals surface area (Å²) in [6.45, 7) is 1.09. The molecular weight excluding hydrogens is 400 g/mol. The highest BCUT2D eigenvalue weighted by Crippen LogP contribution is 2.28. The second kappa shape index (κ2) is 8.93. The maximum Gasteiger partial charge on any atom is 0.252 e. The fourth-order valence-corrected chi connectivity index (χ4v) is 5.83. The Kier molecular flexibility index (Phi) is 6.58. The number of piperidine rings is 1. The van der Waals surface area contributed by atoms with Crippen molar-refractivity contribution in [3.8, 4) is 11.5 Å². The fourth-order valence-electron chi connectivity index (χ4n) is 3.22. The van der Waals surface area contributed by atoms with Gasteiger partial charge in [-0.2, -0.15) is 4.31 Å². The van der Waals surface area contributed by atoms with Crippen LogP contribution >= 0.6 is 11.3 Å². The lowest BCUT2D eigenvalue weighted by Crippen LogP contribution is -2.42. The minimum Gasteiger partial charge on any atom is -0.493 e. The average Bonchev–Trinajstić information content (AvgIpc) is 3.27. The quantitative estimate of drug-likeness (QED) is 0.738. The molecule has 1 amide bonds. The van der Waals surface area contributed by atoms with E-state index in [2.05, 4.69) is 5.32 Å². The Hall–Kier alpha value is -2.10. The van der Waals surface area contributed by atoms with Gasteiger partial charge < -0.3 is 14.8 Å². The molecule has 1 aromatic carbocycles. The summed E-state index contributed by atoms with van der Waals surface area (Å²) < 4.78 is 37.4. The molecule has 1 aromatic heterocycles. The summed E-state index contributed by atoms with van der Waals surface area (Å²) in [5.41, 5.74) is 0.906. The summed E-state index contributed by atoms with van der Waals surface area (Å²) in [6, 6.07) is 8.84. The summed E-state index contributed by atoms with van der Waals surface area (Å²) in [6.07, 6.45) is 1.03. The van der Waals surface area contributed by atoms with Gasteiger partial charge in [-0.3, -0.25) is 4.79 Å². The van der Waals surface area contributed by atoms with E-state index in [1.807, 2.05) is 12.1 Å². The lowest BCUT2D eigenvalue weighted by molar-refractivity contribution is -0.126. The van der Waals surface area contributed by atoms with Gasteiger partial charge in [0.05, 0.1) is 14.2 Å². The topological polar surface area (TPSA) is 84.9 Å². The molecule has 152 valence electrons. The molecule has 3 rings (SSSR count). The molecule has 0 spiro atoms. The van der Waals surface area contributed by atoms with Crippen LogP contribution in [0.1, 0.15) is 18.4 Å². The zero-order valence-electron chi connectivity index (χ0n) is 15.9. The molecule has 9 heteroatoms. The number of methoxy groups -OCH3 is 2. The molecule has 0 radical (unpaired) electrons. The molecule has 1 aliphatic rings. The largest absolute Gasteiger partial charge is 0.493 e. The van der Waals surface area contributed by atoms with E-state index in [9.17, 15) is 13.2 Å². The third-order valence-corrected chi connectivity index (χ3v) is 8.10. The van der Waals surface area contributed by atoms with Crippen molar-refractivity contribution >= 4 is 27.3 Å². The van der Waals surface area contributed by atoms with Gasteiger partial charge in [-0.1, -0.05) is 12.1 Å². The van der Waals surface area contributed by atoms with Crippen LogP contribution in [0.5, 0.6) is 11.5 Å². The van der Waals surface area contributed by atoms with Crippen molar-refractivity contribution in [2.75, 3.05) is 27.3 Å². The molecule has 0 bridgehead atoms. The maximum absolute atomic E-state index is 12.6. The summed E-state index contributed by atoms with van der Waals surface area (Å²) in [4.78, 5) is 12.5. The number of carbonyl (C=O) groups is 1. The van der Waals surface area contributed by atoms with Crippen LogP contribution in [0.15, 0.2) is 39.9 Å². The van der Waals surface area contributed by atoms with E-state index >= 15 is 0 Å². The number of carbonyl (C=O) groups excluding carboxylic acids is 1. The number of rotatable bonds is 7. The van der Waals surface area contributed by atoms with Crippen LogP contribution in [-0.4, -0.2) is 45.9 Å². The van der Waals surface area contributed by atoms with Gasteiger partial charge in [0.1, 0.15) is 4.21 Å². The highest BCUT2D eigenvalue weighted by molar-refractivity contribution is 7.91. The Morgan fingerprint density at radius 3 is 2.50 bits per heavy atom. The van der Waals surface area contributed by atoms with Crippen molar-refractivity contribution in [2.45, 2.75) is 23.6 Å². The number of amides is 1. The molecule has 0 saturated carbocycles. The molecule has 2 aromatic rings. The Balaban J connectivity index is 1.53. The van der Waals surface area contributed by atoms with Crippen molar-refractivity contribution in [1.82, 2.24) is 9.62 Å². The number of nitrogens with zero attached hydrogens (tertiary/aromatic N) is 1. The predicted molar refractivity (Wildman–Crippen MR) is 107 cm³/mol. The van der Waals surface area contributed by atoms with Crippen LogP contribution in [-0.2, 0) is 21.4 Å². The van der Waals surface area contributed by atoms with Crippen LogP contribution in [0.25, 0.3) is 0 Å². The van der Waals surface area contributed by atoms with Crippen LogP contribution in [0.4, 0.5) is 0 Å². The van der Waals surface area contributed by atoms with Crippen LogP contribution in [0.3, 0.4) is 0 Å². The van der Waals surface area contributed by atoms with Gasteiger partial charge >= 0.3 is 0 Å². The first-order valence-corrected chi connectivity index (χ1v) is 11.3. The first-order valence-electron chi connectivity index (χ1n) is 8.98. The van der Waals surface area contributed by atoms with E-state index in [1.54, 1.807) is 37.8 Å². The number of benzene rings is 1. The number of hydrogen-bond acceptors (Lipinski definition) is 6. The number of nitrogens with one attached hydrogen (secondary N) is 1. The molecule has 0 aliphatic carbocycles. The molecular formula is C19H24N2O5S2. The number of thiophene rings is 1. The van der Waals surface area contributed by atoms with Crippen LogP contribution < -0.4 is 14.8 Å². The lowest BCUT2D eigenvalue weighted by atomic mass is 9.97. The second-order valence-corrected chi connectivity index (χ2v) is 9.63. The molecule has 1 N–H and O–H groups in total. The van der Waals surface area contributed by atoms with E-state index in [0.29, 0.717) is 48.2 Å². The number of sulfonamides is 1. The smallest absolute Gasteiger partial charge is 0.252 e. The monoisotopic (exact) mass is 424 g/mol. The highest BCUT2D eigenvalue weighted by Gasteiger charge is 2.32. The van der Waals surface area contributed by atoms with Crippen LogP contribution in [0.2, 0.25) is 0 Å². The van der Waals surface area contributed by atoms with Gasteiger partial charge in [-0.05, 0) is 42.0 Å². The summed E-state index contributed by atoms with van der Waals surface area (Å²) >= 11 is 1.21. The van der Waals surface area contributed by atoms with Gasteiger partial charge in [0.2, 0.25) is 5.91 Å².